The molecule has 1 aromatic rings. The fourth-order valence-corrected chi connectivity index (χ4v) is 1.87. The second kappa shape index (κ2) is 7.67. The summed E-state index contributed by atoms with van der Waals surface area (Å²) in [6, 6.07) is -0.242. The number of aromatic nitrogens is 2. The summed E-state index contributed by atoms with van der Waals surface area (Å²) >= 11 is 0. The first-order chi connectivity index (χ1) is 10.9. The highest BCUT2D eigenvalue weighted by Crippen LogP contribution is 2.26. The molecule has 0 saturated heterocycles. The summed E-state index contributed by atoms with van der Waals surface area (Å²) in [4.78, 5) is 20.6. The normalized spacial score (nSPS) is 13.3. The number of hydrogen-bond donors (Lipinski definition) is 1. The van der Waals surface area contributed by atoms with E-state index in [1.54, 1.807) is 27.7 Å². The van der Waals surface area contributed by atoms with Gasteiger partial charge >= 0.3 is 12.3 Å². The van der Waals surface area contributed by atoms with Crippen LogP contribution >= 0.6 is 0 Å². The maximum atomic E-state index is 12.4. The zero-order chi connectivity index (χ0) is 18.5. The van der Waals surface area contributed by atoms with Crippen LogP contribution in [0.5, 0.6) is 0 Å². The molecule has 6 nitrogen and oxygen atoms in total. The lowest BCUT2D eigenvalue weighted by Crippen LogP contribution is -2.44. The largest absolute Gasteiger partial charge is 0.444 e. The minimum atomic E-state index is -4.52. The second-order valence-corrected chi connectivity index (χ2v) is 6.28. The molecule has 0 aliphatic rings. The van der Waals surface area contributed by atoms with E-state index in [-0.39, 0.29) is 11.9 Å². The number of carbonyl (C=O) groups excluding carboxylic acids is 1. The molecule has 0 unspecified atom stereocenters. The molecular formula is C15H23F3N4O2. The van der Waals surface area contributed by atoms with Gasteiger partial charge in [-0.2, -0.15) is 13.2 Å². The van der Waals surface area contributed by atoms with E-state index in [2.05, 4.69) is 15.3 Å². The number of carbonyl (C=O) groups is 1. The molecule has 0 aromatic carbocycles. The van der Waals surface area contributed by atoms with Crippen molar-refractivity contribution in [2.75, 3.05) is 18.4 Å². The van der Waals surface area contributed by atoms with Crippen LogP contribution in [0.1, 0.15) is 40.3 Å². The molecule has 1 heterocycles. The van der Waals surface area contributed by atoms with Crippen LogP contribution in [0.4, 0.5) is 23.8 Å². The van der Waals surface area contributed by atoms with E-state index in [1.807, 2.05) is 6.92 Å². The molecule has 1 amide bonds. The van der Waals surface area contributed by atoms with E-state index in [4.69, 9.17) is 4.74 Å². The van der Waals surface area contributed by atoms with Gasteiger partial charge in [0.15, 0.2) is 5.69 Å². The van der Waals surface area contributed by atoms with E-state index in [0.717, 1.165) is 6.20 Å². The first-order valence-electron chi connectivity index (χ1n) is 7.56. The molecule has 0 aliphatic heterocycles. The van der Waals surface area contributed by atoms with Gasteiger partial charge in [-0.25, -0.2) is 14.8 Å². The Hall–Kier alpha value is -2.06. The molecule has 9 heteroatoms. The van der Waals surface area contributed by atoms with E-state index >= 15 is 0 Å². The Balaban J connectivity index is 2.63. The van der Waals surface area contributed by atoms with Gasteiger partial charge < -0.3 is 15.0 Å². The minimum Gasteiger partial charge on any atom is -0.444 e. The molecule has 0 radical (unpaired) electrons. The smallest absolute Gasteiger partial charge is 0.434 e. The highest BCUT2D eigenvalue weighted by atomic mass is 19.4. The molecule has 0 bridgehead atoms. The third-order valence-electron chi connectivity index (χ3n) is 3.02. The van der Waals surface area contributed by atoms with Gasteiger partial charge in [0.25, 0.3) is 0 Å². The maximum absolute atomic E-state index is 12.4. The third-order valence-corrected chi connectivity index (χ3v) is 3.02. The number of anilines is 1. The highest BCUT2D eigenvalue weighted by molar-refractivity contribution is 5.68. The van der Waals surface area contributed by atoms with Gasteiger partial charge in [0, 0.05) is 19.1 Å². The number of rotatable bonds is 5. The Labute approximate surface area is 139 Å². The lowest BCUT2D eigenvalue weighted by molar-refractivity contribution is -0.141. The summed E-state index contributed by atoms with van der Waals surface area (Å²) in [5.41, 5.74) is -1.65. The first-order valence-corrected chi connectivity index (χ1v) is 7.56. The van der Waals surface area contributed by atoms with Crippen LogP contribution in [0, 0.1) is 0 Å². The average Bonchev–Trinajstić information content (AvgIpc) is 2.43. The number of halogens is 3. The molecular weight excluding hydrogens is 325 g/mol. The topological polar surface area (TPSA) is 67.3 Å². The van der Waals surface area contributed by atoms with Gasteiger partial charge in [0.2, 0.25) is 0 Å². The van der Waals surface area contributed by atoms with Crippen molar-refractivity contribution < 1.29 is 22.7 Å². The van der Waals surface area contributed by atoms with Gasteiger partial charge in [0.05, 0.1) is 12.4 Å². The summed E-state index contributed by atoms with van der Waals surface area (Å²) in [5, 5.41) is 2.87. The van der Waals surface area contributed by atoms with E-state index < -0.39 is 23.6 Å². The van der Waals surface area contributed by atoms with Crippen LogP contribution in [0.3, 0.4) is 0 Å². The number of nitrogens with zero attached hydrogens (tertiary/aromatic N) is 3. The zero-order valence-electron chi connectivity index (χ0n) is 14.4. The fraction of sp³-hybridized carbons (Fsp3) is 0.667. The van der Waals surface area contributed by atoms with Crippen molar-refractivity contribution in [1.29, 1.82) is 0 Å². The molecule has 0 fully saturated rings. The summed E-state index contributed by atoms with van der Waals surface area (Å²) in [6.07, 6.45) is -3.29. The van der Waals surface area contributed by atoms with Crippen molar-refractivity contribution in [2.24, 2.45) is 0 Å². The molecule has 24 heavy (non-hydrogen) atoms. The van der Waals surface area contributed by atoms with Crippen LogP contribution in [-0.2, 0) is 10.9 Å². The van der Waals surface area contributed by atoms with E-state index in [9.17, 15) is 18.0 Å². The predicted octanol–water partition coefficient (Wildman–Crippen LogP) is 3.55. The van der Waals surface area contributed by atoms with Crippen LogP contribution in [0.25, 0.3) is 0 Å². The number of hydrogen-bond acceptors (Lipinski definition) is 5. The second-order valence-electron chi connectivity index (χ2n) is 6.28. The van der Waals surface area contributed by atoms with Crippen LogP contribution in [-0.4, -0.2) is 45.7 Å². The van der Waals surface area contributed by atoms with Crippen molar-refractivity contribution in [3.8, 4) is 0 Å². The van der Waals surface area contributed by atoms with Gasteiger partial charge in [-0.05, 0) is 34.6 Å². The van der Waals surface area contributed by atoms with E-state index in [0.29, 0.717) is 19.3 Å². The van der Waals surface area contributed by atoms with Crippen molar-refractivity contribution in [2.45, 2.75) is 52.4 Å². The Morgan fingerprint density at radius 3 is 2.33 bits per heavy atom. The Morgan fingerprint density at radius 1 is 1.29 bits per heavy atom. The SMILES string of the molecule is CCN(C(=O)OC(C)(C)C)[C@@H](C)CNc1cnc(C(F)(F)F)cn1. The standard InChI is InChI=1S/C15H23F3N4O2/c1-6-22(13(23)24-14(3,4)5)10(2)7-20-12-9-19-11(8-21-12)15(16,17)18/h8-10H,6-7H2,1-5H3,(H,20,21)/t10-/m0/s1. The molecule has 0 spiro atoms. The van der Waals surface area contributed by atoms with Crippen molar-refractivity contribution in [3.63, 3.8) is 0 Å². The van der Waals surface area contributed by atoms with Crippen molar-refractivity contribution in [3.05, 3.63) is 18.1 Å². The third kappa shape index (κ3) is 6.21. The number of alkyl halides is 3. The molecule has 136 valence electrons. The summed E-state index contributed by atoms with van der Waals surface area (Å²) in [6.45, 7) is 9.69. The van der Waals surface area contributed by atoms with Gasteiger partial charge in [-0.3, -0.25) is 0 Å². The van der Waals surface area contributed by atoms with Gasteiger partial charge in [0.1, 0.15) is 11.4 Å². The first kappa shape index (κ1) is 20.0. The average molecular weight is 348 g/mol. The minimum absolute atomic E-state index is 0.204. The van der Waals surface area contributed by atoms with E-state index in [1.165, 1.54) is 4.90 Å². The van der Waals surface area contributed by atoms with Crippen LogP contribution in [0.15, 0.2) is 12.4 Å². The van der Waals surface area contributed by atoms with Gasteiger partial charge in [-0.1, -0.05) is 0 Å². The molecule has 0 saturated carbocycles. The summed E-state index contributed by atoms with van der Waals surface area (Å²) in [5.74, 6) is 0.204. The van der Waals surface area contributed by atoms with Crippen molar-refractivity contribution >= 4 is 11.9 Å². The predicted molar refractivity (Wildman–Crippen MR) is 83.6 cm³/mol. The van der Waals surface area contributed by atoms with Crippen LogP contribution in [0.2, 0.25) is 0 Å². The fourth-order valence-electron chi connectivity index (χ4n) is 1.87. The number of amides is 1. The molecule has 1 rings (SSSR count). The summed E-state index contributed by atoms with van der Waals surface area (Å²) < 4.78 is 42.6. The summed E-state index contributed by atoms with van der Waals surface area (Å²) in [7, 11) is 0. The quantitative estimate of drug-likeness (QED) is 0.881. The Bertz CT molecular complexity index is 541. The molecule has 1 aromatic heterocycles. The molecule has 1 N–H and O–H groups in total. The highest BCUT2D eigenvalue weighted by Gasteiger charge is 2.32. The lowest BCUT2D eigenvalue weighted by Gasteiger charge is -2.31. The molecule has 0 aliphatic carbocycles. The monoisotopic (exact) mass is 348 g/mol. The zero-order valence-corrected chi connectivity index (χ0v) is 14.4. The number of nitrogens with one attached hydrogen (secondary N) is 1. The Morgan fingerprint density at radius 2 is 1.92 bits per heavy atom. The van der Waals surface area contributed by atoms with Crippen molar-refractivity contribution in [1.82, 2.24) is 14.9 Å². The van der Waals surface area contributed by atoms with Gasteiger partial charge in [-0.15, -0.1) is 0 Å². The Kier molecular flexibility index (Phi) is 6.39. The molecule has 1 atom stereocenters. The number of ether oxygens (including phenoxy) is 1. The number of likely N-dealkylation sites (N-methyl/N-ethyl adjacent to an activating group) is 1. The maximum Gasteiger partial charge on any atom is 0.434 e. The van der Waals surface area contributed by atoms with Crippen LogP contribution < -0.4 is 5.32 Å². The lowest BCUT2D eigenvalue weighted by atomic mass is 10.2.